The quantitative estimate of drug-likeness (QED) is 0.554. The number of halogens is 1. The lowest BCUT2D eigenvalue weighted by atomic mass is 10.2. The summed E-state index contributed by atoms with van der Waals surface area (Å²) in [7, 11) is 0. The van der Waals surface area contributed by atoms with E-state index >= 15 is 0 Å². The van der Waals surface area contributed by atoms with Crippen LogP contribution < -0.4 is 5.32 Å². The SMILES string of the molecule is CC1=C(C(=S)Nc2ccc(Cl)c(C(=O)OC(C)C)c2)SCCS1. The van der Waals surface area contributed by atoms with Crippen molar-refractivity contribution in [2.24, 2.45) is 0 Å². The molecule has 0 radical (unpaired) electrons. The number of allylic oxidation sites excluding steroid dienone is 1. The lowest BCUT2D eigenvalue weighted by Gasteiger charge is -2.18. The van der Waals surface area contributed by atoms with E-state index in [1.165, 1.54) is 4.91 Å². The van der Waals surface area contributed by atoms with Crippen molar-refractivity contribution in [1.82, 2.24) is 0 Å². The predicted octanol–water partition coefficient (Wildman–Crippen LogP) is 5.36. The van der Waals surface area contributed by atoms with Crippen molar-refractivity contribution in [2.75, 3.05) is 16.8 Å². The summed E-state index contributed by atoms with van der Waals surface area (Å²) in [6.07, 6.45) is -0.195. The minimum atomic E-state index is -0.433. The topological polar surface area (TPSA) is 38.3 Å². The van der Waals surface area contributed by atoms with Gasteiger partial charge in [0.2, 0.25) is 0 Å². The molecule has 0 saturated heterocycles. The maximum Gasteiger partial charge on any atom is 0.339 e. The van der Waals surface area contributed by atoms with Crippen LogP contribution in [0.25, 0.3) is 0 Å². The Morgan fingerprint density at radius 2 is 2.04 bits per heavy atom. The van der Waals surface area contributed by atoms with Gasteiger partial charge in [-0.25, -0.2) is 4.79 Å². The number of carbonyl (C=O) groups excluding carboxylic acids is 1. The van der Waals surface area contributed by atoms with E-state index in [9.17, 15) is 4.79 Å². The zero-order chi connectivity index (χ0) is 17.0. The number of rotatable bonds is 4. The molecule has 0 spiro atoms. The summed E-state index contributed by atoms with van der Waals surface area (Å²) in [6, 6.07) is 5.15. The summed E-state index contributed by atoms with van der Waals surface area (Å²) in [6.45, 7) is 5.68. The number of thiocarbonyl (C=S) groups is 1. The number of benzene rings is 1. The van der Waals surface area contributed by atoms with E-state index in [4.69, 9.17) is 28.6 Å². The van der Waals surface area contributed by atoms with Crippen LogP contribution in [0.15, 0.2) is 28.0 Å². The fraction of sp³-hybridized carbons (Fsp3) is 0.375. The third-order valence-electron chi connectivity index (χ3n) is 2.96. The van der Waals surface area contributed by atoms with Gasteiger partial charge in [0.15, 0.2) is 0 Å². The molecule has 7 heteroatoms. The molecule has 1 heterocycles. The van der Waals surface area contributed by atoms with Crippen molar-refractivity contribution in [3.63, 3.8) is 0 Å². The second-order valence-corrected chi connectivity index (χ2v) is 8.41. The molecule has 1 aliphatic heterocycles. The molecule has 0 aromatic heterocycles. The first-order valence-electron chi connectivity index (χ1n) is 7.17. The number of nitrogens with one attached hydrogen (secondary N) is 1. The minimum Gasteiger partial charge on any atom is -0.459 e. The molecule has 0 atom stereocenters. The average molecular weight is 388 g/mol. The molecule has 1 aliphatic rings. The fourth-order valence-electron chi connectivity index (χ4n) is 1.96. The normalized spacial score (nSPS) is 14.8. The highest BCUT2D eigenvalue weighted by Gasteiger charge is 2.17. The van der Waals surface area contributed by atoms with E-state index in [2.05, 4.69) is 12.2 Å². The molecule has 0 unspecified atom stereocenters. The number of ether oxygens (including phenoxy) is 1. The summed E-state index contributed by atoms with van der Waals surface area (Å²) in [4.78, 5) is 15.1. The highest BCUT2D eigenvalue weighted by Crippen LogP contribution is 2.35. The lowest BCUT2D eigenvalue weighted by molar-refractivity contribution is 0.0378. The summed E-state index contributed by atoms with van der Waals surface area (Å²) in [5.41, 5.74) is 1.07. The molecule has 1 aromatic carbocycles. The predicted molar refractivity (Wildman–Crippen MR) is 106 cm³/mol. The molecule has 1 N–H and O–H groups in total. The number of hydrogen-bond donors (Lipinski definition) is 1. The Morgan fingerprint density at radius 1 is 1.35 bits per heavy atom. The Balaban J connectivity index is 2.18. The van der Waals surface area contributed by atoms with Gasteiger partial charge in [-0.2, -0.15) is 0 Å². The molecule has 0 fully saturated rings. The largest absolute Gasteiger partial charge is 0.459 e. The first-order valence-corrected chi connectivity index (χ1v) is 9.92. The van der Waals surface area contributed by atoms with E-state index in [1.54, 1.807) is 43.8 Å². The van der Waals surface area contributed by atoms with Crippen molar-refractivity contribution in [3.8, 4) is 0 Å². The van der Waals surface area contributed by atoms with Gasteiger partial charge in [0.1, 0.15) is 4.99 Å². The van der Waals surface area contributed by atoms with Gasteiger partial charge in [0.25, 0.3) is 0 Å². The van der Waals surface area contributed by atoms with Gasteiger partial charge in [-0.15, -0.1) is 23.5 Å². The van der Waals surface area contributed by atoms with Gasteiger partial charge in [0, 0.05) is 17.2 Å². The second-order valence-electron chi connectivity index (χ2n) is 5.19. The summed E-state index contributed by atoms with van der Waals surface area (Å²) < 4.78 is 5.21. The Bertz CT molecular complexity index is 659. The Morgan fingerprint density at radius 3 is 2.70 bits per heavy atom. The monoisotopic (exact) mass is 387 g/mol. The Labute approximate surface area is 155 Å². The minimum absolute atomic E-state index is 0.195. The second kappa shape index (κ2) is 8.42. The van der Waals surface area contributed by atoms with Crippen LogP contribution in [0.3, 0.4) is 0 Å². The molecule has 2 rings (SSSR count). The van der Waals surface area contributed by atoms with Crippen molar-refractivity contribution >= 4 is 64.0 Å². The fourth-order valence-corrected chi connectivity index (χ4v) is 4.81. The molecule has 0 bridgehead atoms. The van der Waals surface area contributed by atoms with E-state index < -0.39 is 5.97 Å². The van der Waals surface area contributed by atoms with Gasteiger partial charge in [-0.05, 0) is 43.9 Å². The third kappa shape index (κ3) is 5.14. The van der Waals surface area contributed by atoms with Crippen molar-refractivity contribution in [1.29, 1.82) is 0 Å². The van der Waals surface area contributed by atoms with Gasteiger partial charge < -0.3 is 10.1 Å². The molecule has 0 aliphatic carbocycles. The molecule has 0 saturated carbocycles. The number of thioether (sulfide) groups is 2. The van der Waals surface area contributed by atoms with Crippen LogP contribution in [-0.4, -0.2) is 28.6 Å². The summed E-state index contributed by atoms with van der Waals surface area (Å²) in [5, 5.41) is 3.56. The van der Waals surface area contributed by atoms with Crippen molar-refractivity contribution < 1.29 is 9.53 Å². The average Bonchev–Trinajstić information content (AvgIpc) is 2.48. The zero-order valence-electron chi connectivity index (χ0n) is 13.1. The van der Waals surface area contributed by atoms with Gasteiger partial charge in [-0.1, -0.05) is 23.8 Å². The standard InChI is InChI=1S/C16H18ClNO2S3/c1-9(2)20-16(19)12-8-11(4-5-13(12)17)18-15(21)14-10(3)22-6-7-23-14/h4-5,8-9H,6-7H2,1-3H3,(H,18,21). The van der Waals surface area contributed by atoms with Crippen molar-refractivity contribution in [2.45, 2.75) is 26.9 Å². The smallest absolute Gasteiger partial charge is 0.339 e. The van der Waals surface area contributed by atoms with Crippen LogP contribution in [-0.2, 0) is 4.74 Å². The van der Waals surface area contributed by atoms with Crippen LogP contribution in [0.2, 0.25) is 5.02 Å². The van der Waals surface area contributed by atoms with Crippen LogP contribution in [0.4, 0.5) is 5.69 Å². The van der Waals surface area contributed by atoms with Crippen LogP contribution >= 0.6 is 47.3 Å². The maximum absolute atomic E-state index is 12.1. The van der Waals surface area contributed by atoms with Crippen LogP contribution in [0, 0.1) is 0 Å². The van der Waals surface area contributed by atoms with E-state index in [0.717, 1.165) is 22.1 Å². The summed E-state index contributed by atoms with van der Waals surface area (Å²) >= 11 is 15.2. The zero-order valence-corrected chi connectivity index (χ0v) is 16.3. The summed E-state index contributed by atoms with van der Waals surface area (Å²) in [5.74, 6) is 1.72. The number of anilines is 1. The Kier molecular flexibility index (Phi) is 6.83. The lowest BCUT2D eigenvalue weighted by Crippen LogP contribution is -2.15. The molecule has 0 amide bonds. The van der Waals surface area contributed by atoms with Gasteiger partial charge >= 0.3 is 5.97 Å². The highest BCUT2D eigenvalue weighted by atomic mass is 35.5. The molecule has 23 heavy (non-hydrogen) atoms. The first kappa shape index (κ1) is 18.6. The molecular formula is C16H18ClNO2S3. The number of hydrogen-bond acceptors (Lipinski definition) is 5. The van der Waals surface area contributed by atoms with Crippen LogP contribution in [0.1, 0.15) is 31.1 Å². The van der Waals surface area contributed by atoms with Crippen LogP contribution in [0.5, 0.6) is 0 Å². The molecule has 3 nitrogen and oxygen atoms in total. The first-order chi connectivity index (χ1) is 10.9. The van der Waals surface area contributed by atoms with Crippen molar-refractivity contribution in [3.05, 3.63) is 38.6 Å². The highest BCUT2D eigenvalue weighted by molar-refractivity contribution is 8.11. The number of esters is 1. The third-order valence-corrected chi connectivity index (χ3v) is 6.37. The molecule has 124 valence electrons. The van der Waals surface area contributed by atoms with E-state index in [0.29, 0.717) is 15.6 Å². The maximum atomic E-state index is 12.1. The van der Waals surface area contributed by atoms with E-state index in [1.807, 2.05) is 11.8 Å². The van der Waals surface area contributed by atoms with E-state index in [-0.39, 0.29) is 6.10 Å². The van der Waals surface area contributed by atoms with Gasteiger partial charge in [-0.3, -0.25) is 0 Å². The molecular weight excluding hydrogens is 370 g/mol. The number of carbonyl (C=O) groups is 1. The van der Waals surface area contributed by atoms with Gasteiger partial charge in [0.05, 0.1) is 21.6 Å². The Hall–Kier alpha value is -0.690. The molecule has 1 aromatic rings.